The van der Waals surface area contributed by atoms with Crippen LogP contribution >= 0.6 is 35.3 Å². The first-order valence-corrected chi connectivity index (χ1v) is 9.83. The molecule has 0 unspecified atom stereocenters. The Kier molecular flexibility index (Phi) is 7.92. The molecule has 29 heavy (non-hydrogen) atoms. The van der Waals surface area contributed by atoms with Crippen molar-refractivity contribution in [1.29, 1.82) is 0 Å². The average molecular weight is 455 g/mol. The van der Waals surface area contributed by atoms with Gasteiger partial charge in [0.25, 0.3) is 11.6 Å². The van der Waals surface area contributed by atoms with Crippen LogP contribution in [-0.4, -0.2) is 47.9 Å². The number of carbonyl (C=O) groups excluding carboxylic acids is 1. The Balaban J connectivity index is 0.00000300. The molecule has 0 atom stereocenters. The van der Waals surface area contributed by atoms with Crippen LogP contribution in [0.3, 0.4) is 0 Å². The van der Waals surface area contributed by atoms with Gasteiger partial charge in [0.1, 0.15) is 11.1 Å². The van der Waals surface area contributed by atoms with Gasteiger partial charge in [-0.1, -0.05) is 41.1 Å². The predicted octanol–water partition coefficient (Wildman–Crippen LogP) is 4.88. The summed E-state index contributed by atoms with van der Waals surface area (Å²) in [4.78, 5) is 32.1. The van der Waals surface area contributed by atoms with Gasteiger partial charge in [0.15, 0.2) is 5.13 Å². The summed E-state index contributed by atoms with van der Waals surface area (Å²) in [6, 6.07) is 11.4. The number of nitro groups is 1. The summed E-state index contributed by atoms with van der Waals surface area (Å²) in [5, 5.41) is 12.4. The van der Waals surface area contributed by atoms with Crippen molar-refractivity contribution >= 4 is 62.3 Å². The number of nitro benzene ring substituents is 1. The van der Waals surface area contributed by atoms with E-state index in [0.717, 1.165) is 11.2 Å². The van der Waals surface area contributed by atoms with Crippen LogP contribution in [0.5, 0.6) is 0 Å². The normalized spacial score (nSPS) is 10.8. The molecule has 0 saturated carbocycles. The van der Waals surface area contributed by atoms with Crippen LogP contribution < -0.4 is 4.90 Å². The van der Waals surface area contributed by atoms with E-state index in [2.05, 4.69) is 4.98 Å². The summed E-state index contributed by atoms with van der Waals surface area (Å²) in [7, 11) is 3.90. The van der Waals surface area contributed by atoms with Gasteiger partial charge in [-0.05, 0) is 45.3 Å². The lowest BCUT2D eigenvalue weighted by atomic mass is 10.1. The summed E-state index contributed by atoms with van der Waals surface area (Å²) >= 11 is 7.57. The minimum absolute atomic E-state index is 0. The lowest BCUT2D eigenvalue weighted by Gasteiger charge is -2.21. The van der Waals surface area contributed by atoms with Crippen molar-refractivity contribution in [3.8, 4) is 0 Å². The van der Waals surface area contributed by atoms with E-state index >= 15 is 0 Å². The number of rotatable bonds is 7. The Labute approximate surface area is 183 Å². The molecule has 3 aromatic rings. The number of amides is 1. The second kappa shape index (κ2) is 9.98. The highest BCUT2D eigenvalue weighted by molar-refractivity contribution is 7.22. The molecule has 154 valence electrons. The minimum Gasteiger partial charge on any atom is -0.309 e. The van der Waals surface area contributed by atoms with Crippen LogP contribution in [0.25, 0.3) is 10.2 Å². The Morgan fingerprint density at radius 2 is 1.90 bits per heavy atom. The van der Waals surface area contributed by atoms with Gasteiger partial charge in [-0.3, -0.25) is 19.8 Å². The van der Waals surface area contributed by atoms with Crippen LogP contribution in [0.2, 0.25) is 5.02 Å². The van der Waals surface area contributed by atoms with E-state index in [4.69, 9.17) is 11.6 Å². The molecule has 0 spiro atoms. The van der Waals surface area contributed by atoms with Crippen LogP contribution in [0, 0.1) is 10.1 Å². The Hall–Kier alpha value is -2.26. The fraction of sp³-hybridized carbons (Fsp3) is 0.263. The van der Waals surface area contributed by atoms with E-state index < -0.39 is 10.8 Å². The van der Waals surface area contributed by atoms with Gasteiger partial charge in [0, 0.05) is 12.6 Å². The third-order valence-corrected chi connectivity index (χ3v) is 5.50. The average Bonchev–Trinajstić information content (AvgIpc) is 3.10. The predicted molar refractivity (Wildman–Crippen MR) is 120 cm³/mol. The summed E-state index contributed by atoms with van der Waals surface area (Å²) < 4.78 is 0.857. The first-order chi connectivity index (χ1) is 13.4. The van der Waals surface area contributed by atoms with Crippen molar-refractivity contribution in [2.24, 2.45) is 0 Å². The Morgan fingerprint density at radius 3 is 2.55 bits per heavy atom. The zero-order valence-corrected chi connectivity index (χ0v) is 18.3. The molecule has 3 rings (SSSR count). The van der Waals surface area contributed by atoms with Gasteiger partial charge in [-0.2, -0.15) is 0 Å². The smallest absolute Gasteiger partial charge is 0.282 e. The maximum atomic E-state index is 13.2. The molecule has 10 heteroatoms. The molecule has 1 amide bonds. The Morgan fingerprint density at radius 1 is 1.17 bits per heavy atom. The van der Waals surface area contributed by atoms with E-state index in [0.29, 0.717) is 28.6 Å². The topological polar surface area (TPSA) is 79.6 Å². The lowest BCUT2D eigenvalue weighted by molar-refractivity contribution is -0.385. The summed E-state index contributed by atoms with van der Waals surface area (Å²) in [6.45, 7) is 1.16. The highest BCUT2D eigenvalue weighted by Gasteiger charge is 2.27. The molecule has 0 aliphatic heterocycles. The third kappa shape index (κ3) is 5.22. The maximum absolute atomic E-state index is 13.2. The lowest BCUT2D eigenvalue weighted by Crippen LogP contribution is -2.33. The number of nitrogens with zero attached hydrogens (tertiary/aromatic N) is 4. The van der Waals surface area contributed by atoms with E-state index in [9.17, 15) is 14.9 Å². The number of anilines is 1. The monoisotopic (exact) mass is 454 g/mol. The number of benzene rings is 2. The fourth-order valence-electron chi connectivity index (χ4n) is 2.81. The van der Waals surface area contributed by atoms with Crippen molar-refractivity contribution in [2.45, 2.75) is 6.42 Å². The fourth-order valence-corrected chi connectivity index (χ4v) is 4.10. The van der Waals surface area contributed by atoms with Gasteiger partial charge in [-0.25, -0.2) is 4.98 Å². The molecule has 1 heterocycles. The number of carbonyl (C=O) groups is 1. The number of halogens is 2. The molecular weight excluding hydrogens is 435 g/mol. The zero-order valence-electron chi connectivity index (χ0n) is 15.9. The van der Waals surface area contributed by atoms with Crippen molar-refractivity contribution in [2.75, 3.05) is 32.1 Å². The molecule has 0 aliphatic rings. The summed E-state index contributed by atoms with van der Waals surface area (Å²) in [5.74, 6) is -0.443. The quantitative estimate of drug-likeness (QED) is 0.375. The maximum Gasteiger partial charge on any atom is 0.282 e. The highest BCUT2D eigenvalue weighted by atomic mass is 35.5. The number of aromatic nitrogens is 1. The van der Waals surface area contributed by atoms with Crippen LogP contribution in [0.4, 0.5) is 10.8 Å². The number of thiazole rings is 1. The van der Waals surface area contributed by atoms with Gasteiger partial charge < -0.3 is 4.90 Å². The van der Waals surface area contributed by atoms with Gasteiger partial charge in [0.2, 0.25) is 0 Å². The van der Waals surface area contributed by atoms with Gasteiger partial charge in [0.05, 0.1) is 14.6 Å². The van der Waals surface area contributed by atoms with E-state index in [-0.39, 0.29) is 23.7 Å². The summed E-state index contributed by atoms with van der Waals surface area (Å²) in [5.41, 5.74) is 0.448. The van der Waals surface area contributed by atoms with E-state index in [1.165, 1.54) is 28.4 Å². The van der Waals surface area contributed by atoms with Crippen LogP contribution in [0.1, 0.15) is 16.8 Å². The summed E-state index contributed by atoms with van der Waals surface area (Å²) in [6.07, 6.45) is 0.697. The molecule has 0 saturated heterocycles. The highest BCUT2D eigenvalue weighted by Crippen LogP contribution is 2.34. The standard InChI is InChI=1S/C19H19ClN4O3S.ClH/c1-22(2)11-6-12-23(18(25)13-7-3-4-9-15(13)24(26)27)19-21-17-14(20)8-5-10-16(17)28-19;/h3-5,7-10H,6,11-12H2,1-2H3;1H. The first-order valence-electron chi connectivity index (χ1n) is 8.63. The molecule has 1 aromatic heterocycles. The number of hydrogen-bond donors (Lipinski definition) is 0. The van der Waals surface area contributed by atoms with E-state index in [1.807, 2.05) is 31.1 Å². The first kappa shape index (κ1) is 23.0. The number of hydrogen-bond acceptors (Lipinski definition) is 6. The molecular formula is C19H20Cl2N4O3S. The number of para-hydroxylation sites is 2. The molecule has 2 aromatic carbocycles. The molecule has 0 bridgehead atoms. The van der Waals surface area contributed by atoms with Crippen molar-refractivity contribution in [3.63, 3.8) is 0 Å². The van der Waals surface area contributed by atoms with E-state index in [1.54, 1.807) is 18.2 Å². The minimum atomic E-state index is -0.541. The molecule has 0 radical (unpaired) electrons. The van der Waals surface area contributed by atoms with Crippen LogP contribution in [-0.2, 0) is 0 Å². The number of fused-ring (bicyclic) bond motifs is 1. The largest absolute Gasteiger partial charge is 0.309 e. The zero-order chi connectivity index (χ0) is 20.3. The van der Waals surface area contributed by atoms with Gasteiger partial charge in [-0.15, -0.1) is 12.4 Å². The van der Waals surface area contributed by atoms with Crippen LogP contribution in [0.15, 0.2) is 42.5 Å². The van der Waals surface area contributed by atoms with Crippen molar-refractivity contribution < 1.29 is 9.72 Å². The second-order valence-corrected chi connectivity index (χ2v) is 7.89. The SMILES string of the molecule is CN(C)CCCN(C(=O)c1ccccc1[N+](=O)[O-])c1nc2c(Cl)cccc2s1.Cl. The van der Waals surface area contributed by atoms with Crippen molar-refractivity contribution in [1.82, 2.24) is 9.88 Å². The molecule has 7 nitrogen and oxygen atoms in total. The molecule has 0 N–H and O–H groups in total. The second-order valence-electron chi connectivity index (χ2n) is 6.47. The third-order valence-electron chi connectivity index (χ3n) is 4.15. The van der Waals surface area contributed by atoms with Gasteiger partial charge >= 0.3 is 0 Å². The molecule has 0 fully saturated rings. The Bertz CT molecular complexity index is 1030. The molecule has 0 aliphatic carbocycles. The van der Waals surface area contributed by atoms with Crippen molar-refractivity contribution in [3.05, 3.63) is 63.2 Å².